The number of aryl methyl sites for hydroxylation is 1. The summed E-state index contributed by atoms with van der Waals surface area (Å²) in [5.41, 5.74) is 3.61. The van der Waals surface area contributed by atoms with Crippen molar-refractivity contribution >= 4 is 5.91 Å². The molecule has 1 aliphatic heterocycles. The lowest BCUT2D eigenvalue weighted by atomic mass is 9.96. The fourth-order valence-corrected chi connectivity index (χ4v) is 4.27. The number of hydrogen-bond acceptors (Lipinski definition) is 3. The molecule has 0 aromatic heterocycles. The maximum atomic E-state index is 13.0. The molecule has 160 valence electrons. The Balaban J connectivity index is 1.43. The minimum atomic E-state index is -0.494. The number of piperazine rings is 1. The van der Waals surface area contributed by atoms with Crippen molar-refractivity contribution in [2.75, 3.05) is 26.2 Å². The predicted octanol–water partition coefficient (Wildman–Crippen LogP) is 4.70. The van der Waals surface area contributed by atoms with E-state index in [-0.39, 0.29) is 11.9 Å². The average Bonchev–Trinajstić information content (AvgIpc) is 2.82. The van der Waals surface area contributed by atoms with Crippen molar-refractivity contribution in [1.29, 1.82) is 0 Å². The van der Waals surface area contributed by atoms with Crippen molar-refractivity contribution in [2.45, 2.75) is 26.0 Å². The van der Waals surface area contributed by atoms with E-state index in [4.69, 9.17) is 4.74 Å². The van der Waals surface area contributed by atoms with Gasteiger partial charge in [-0.15, -0.1) is 0 Å². The van der Waals surface area contributed by atoms with Gasteiger partial charge in [0.1, 0.15) is 5.75 Å². The Morgan fingerprint density at radius 3 is 1.84 bits per heavy atom. The lowest BCUT2D eigenvalue weighted by Gasteiger charge is -2.40. The van der Waals surface area contributed by atoms with Crippen molar-refractivity contribution in [3.8, 4) is 5.75 Å². The topological polar surface area (TPSA) is 32.8 Å². The maximum absolute atomic E-state index is 13.0. The zero-order chi connectivity index (χ0) is 21.6. The van der Waals surface area contributed by atoms with E-state index in [0.29, 0.717) is 13.1 Å². The molecule has 3 aromatic rings. The quantitative estimate of drug-likeness (QED) is 0.586. The van der Waals surface area contributed by atoms with Crippen LogP contribution in [0.2, 0.25) is 0 Å². The lowest BCUT2D eigenvalue weighted by molar-refractivity contribution is -0.140. The van der Waals surface area contributed by atoms with Gasteiger partial charge >= 0.3 is 0 Å². The Morgan fingerprint density at radius 2 is 1.29 bits per heavy atom. The Morgan fingerprint density at radius 1 is 0.774 bits per heavy atom. The van der Waals surface area contributed by atoms with Crippen molar-refractivity contribution in [1.82, 2.24) is 9.80 Å². The third-order valence-corrected chi connectivity index (χ3v) is 5.97. The van der Waals surface area contributed by atoms with Crippen molar-refractivity contribution in [3.05, 3.63) is 102 Å². The maximum Gasteiger partial charge on any atom is 0.263 e. The first-order chi connectivity index (χ1) is 15.1. The molecule has 0 bridgehead atoms. The van der Waals surface area contributed by atoms with Gasteiger partial charge in [-0.25, -0.2) is 0 Å². The molecule has 0 spiro atoms. The Hall–Kier alpha value is -3.11. The predicted molar refractivity (Wildman–Crippen MR) is 124 cm³/mol. The summed E-state index contributed by atoms with van der Waals surface area (Å²) in [6, 6.07) is 29.3. The van der Waals surface area contributed by atoms with E-state index in [0.717, 1.165) is 24.4 Å². The summed E-state index contributed by atoms with van der Waals surface area (Å²) in [6.07, 6.45) is -0.494. The van der Waals surface area contributed by atoms with Gasteiger partial charge in [0.2, 0.25) is 0 Å². The number of para-hydroxylation sites is 1. The van der Waals surface area contributed by atoms with E-state index in [1.165, 1.54) is 11.1 Å². The molecule has 4 nitrogen and oxygen atoms in total. The van der Waals surface area contributed by atoms with Crippen LogP contribution in [0.25, 0.3) is 0 Å². The molecule has 0 radical (unpaired) electrons. The number of hydrogen-bond donors (Lipinski definition) is 0. The summed E-state index contributed by atoms with van der Waals surface area (Å²) in [5.74, 6) is 0.828. The van der Waals surface area contributed by atoms with Crippen LogP contribution in [0.15, 0.2) is 84.9 Å². The molecule has 1 aliphatic rings. The van der Waals surface area contributed by atoms with Crippen LogP contribution in [0.3, 0.4) is 0 Å². The number of carbonyl (C=O) groups excluding carboxylic acids is 1. The normalized spacial score (nSPS) is 15.6. The third-order valence-electron chi connectivity index (χ3n) is 5.97. The van der Waals surface area contributed by atoms with Crippen LogP contribution in [-0.4, -0.2) is 48.0 Å². The highest BCUT2D eigenvalue weighted by molar-refractivity contribution is 5.81. The second kappa shape index (κ2) is 9.80. The van der Waals surface area contributed by atoms with Crippen LogP contribution >= 0.6 is 0 Å². The highest BCUT2D eigenvalue weighted by Crippen LogP contribution is 2.29. The molecule has 4 rings (SSSR count). The number of benzene rings is 3. The number of nitrogens with zero attached hydrogens (tertiary/aromatic N) is 2. The first-order valence-electron chi connectivity index (χ1n) is 11.0. The molecular formula is C27H30N2O2. The fourth-order valence-electron chi connectivity index (χ4n) is 4.27. The van der Waals surface area contributed by atoms with Crippen molar-refractivity contribution < 1.29 is 9.53 Å². The lowest BCUT2D eigenvalue weighted by Crippen LogP contribution is -2.52. The van der Waals surface area contributed by atoms with E-state index in [1.54, 1.807) is 0 Å². The highest BCUT2D eigenvalue weighted by atomic mass is 16.5. The highest BCUT2D eigenvalue weighted by Gasteiger charge is 2.30. The van der Waals surface area contributed by atoms with E-state index in [1.807, 2.05) is 43.0 Å². The molecule has 0 saturated carbocycles. The summed E-state index contributed by atoms with van der Waals surface area (Å²) >= 11 is 0. The largest absolute Gasteiger partial charge is 0.481 e. The van der Waals surface area contributed by atoms with E-state index in [2.05, 4.69) is 65.6 Å². The Bertz CT molecular complexity index is 943. The van der Waals surface area contributed by atoms with Gasteiger partial charge in [-0.3, -0.25) is 9.69 Å². The summed E-state index contributed by atoms with van der Waals surface area (Å²) < 4.78 is 5.97. The molecule has 0 aliphatic carbocycles. The SMILES string of the molecule is Cc1ccccc1O[C@H](C)C(=O)N1CCN(C(c2ccccc2)c2ccccc2)CC1. The average molecular weight is 415 g/mol. The summed E-state index contributed by atoms with van der Waals surface area (Å²) in [7, 11) is 0. The summed E-state index contributed by atoms with van der Waals surface area (Å²) in [4.78, 5) is 17.4. The van der Waals surface area contributed by atoms with Crippen molar-refractivity contribution in [2.24, 2.45) is 0 Å². The van der Waals surface area contributed by atoms with Crippen LogP contribution in [-0.2, 0) is 4.79 Å². The molecule has 1 amide bonds. The van der Waals surface area contributed by atoms with E-state index in [9.17, 15) is 4.79 Å². The monoisotopic (exact) mass is 414 g/mol. The molecule has 4 heteroatoms. The molecule has 1 heterocycles. The molecular weight excluding hydrogens is 384 g/mol. The zero-order valence-corrected chi connectivity index (χ0v) is 18.3. The summed E-state index contributed by atoms with van der Waals surface area (Å²) in [5, 5.41) is 0. The van der Waals surface area contributed by atoms with Crippen LogP contribution in [0.1, 0.15) is 29.7 Å². The second-order valence-electron chi connectivity index (χ2n) is 8.11. The van der Waals surface area contributed by atoms with Gasteiger partial charge in [0, 0.05) is 26.2 Å². The number of rotatable bonds is 6. The van der Waals surface area contributed by atoms with E-state index < -0.39 is 6.10 Å². The molecule has 1 atom stereocenters. The van der Waals surface area contributed by atoms with E-state index >= 15 is 0 Å². The van der Waals surface area contributed by atoms with Gasteiger partial charge in [-0.2, -0.15) is 0 Å². The minimum absolute atomic E-state index is 0.0545. The minimum Gasteiger partial charge on any atom is -0.481 e. The van der Waals surface area contributed by atoms with Crippen LogP contribution in [0.5, 0.6) is 5.75 Å². The van der Waals surface area contributed by atoms with Gasteiger partial charge in [0.25, 0.3) is 5.91 Å². The van der Waals surface area contributed by atoms with Gasteiger partial charge < -0.3 is 9.64 Å². The Kier molecular flexibility index (Phi) is 6.68. The standard InChI is InChI=1S/C27H30N2O2/c1-21-11-9-10-16-25(21)31-22(2)27(30)29-19-17-28(18-20-29)26(23-12-5-3-6-13-23)24-14-7-4-8-15-24/h3-16,22,26H,17-20H2,1-2H3/t22-/m1/s1. The van der Waals surface area contributed by atoms with Crippen LogP contribution in [0.4, 0.5) is 0 Å². The van der Waals surface area contributed by atoms with Gasteiger partial charge in [0.15, 0.2) is 6.10 Å². The zero-order valence-electron chi connectivity index (χ0n) is 18.3. The molecule has 0 N–H and O–H groups in total. The van der Waals surface area contributed by atoms with Gasteiger partial charge in [0.05, 0.1) is 6.04 Å². The first kappa shape index (κ1) is 21.1. The molecule has 1 saturated heterocycles. The van der Waals surface area contributed by atoms with Crippen LogP contribution in [0, 0.1) is 6.92 Å². The van der Waals surface area contributed by atoms with Gasteiger partial charge in [-0.05, 0) is 36.6 Å². The van der Waals surface area contributed by atoms with Crippen molar-refractivity contribution in [3.63, 3.8) is 0 Å². The smallest absolute Gasteiger partial charge is 0.263 e. The molecule has 31 heavy (non-hydrogen) atoms. The van der Waals surface area contributed by atoms with Crippen LogP contribution < -0.4 is 4.74 Å². The number of carbonyl (C=O) groups is 1. The number of ether oxygens (including phenoxy) is 1. The molecule has 0 unspecified atom stereocenters. The first-order valence-corrected chi connectivity index (χ1v) is 11.0. The molecule has 3 aromatic carbocycles. The molecule has 1 fully saturated rings. The fraction of sp³-hybridized carbons (Fsp3) is 0.296. The Labute approximate surface area is 185 Å². The second-order valence-corrected chi connectivity index (χ2v) is 8.11. The third kappa shape index (κ3) is 4.97. The van der Waals surface area contributed by atoms with Gasteiger partial charge in [-0.1, -0.05) is 78.9 Å². The number of amides is 1. The summed E-state index contributed by atoms with van der Waals surface area (Å²) in [6.45, 7) is 6.91.